The Kier molecular flexibility index (Phi) is 2.51. The zero-order chi connectivity index (χ0) is 8.27. The van der Waals surface area contributed by atoms with Gasteiger partial charge in [-0.1, -0.05) is 0 Å². The Labute approximate surface area is 72.6 Å². The molecule has 0 saturated carbocycles. The second-order valence-electron chi connectivity index (χ2n) is 1.48. The highest BCUT2D eigenvalue weighted by Gasteiger charge is 2.27. The summed E-state index contributed by atoms with van der Waals surface area (Å²) in [6, 6.07) is 0. The minimum absolute atomic E-state index is 0.194. The summed E-state index contributed by atoms with van der Waals surface area (Å²) in [5.74, 6) is -0.333. The Morgan fingerprint density at radius 2 is 2.64 bits per heavy atom. The summed E-state index contributed by atoms with van der Waals surface area (Å²) < 4.78 is 3.40. The van der Waals surface area contributed by atoms with Crippen LogP contribution in [-0.4, -0.2) is 10.4 Å². The average Bonchev–Trinajstić information content (AvgIpc) is 2.33. The van der Waals surface area contributed by atoms with E-state index in [1.807, 2.05) is 0 Å². The van der Waals surface area contributed by atoms with Crippen molar-refractivity contribution in [2.24, 2.45) is 0 Å². The average molecular weight is 189 g/mol. The molecule has 5 nitrogen and oxygen atoms in total. The quantitative estimate of drug-likeness (QED) is 0.266. The molecule has 0 aromatic rings. The van der Waals surface area contributed by atoms with Crippen LogP contribution < -0.4 is 4.72 Å². The summed E-state index contributed by atoms with van der Waals surface area (Å²) in [7, 11) is 0. The van der Waals surface area contributed by atoms with Crippen LogP contribution in [-0.2, 0) is 9.63 Å². The summed E-state index contributed by atoms with van der Waals surface area (Å²) in [5, 5.41) is 9.36. The molecule has 1 saturated heterocycles. The maximum atomic E-state index is 10.8. The van der Waals surface area contributed by atoms with Crippen molar-refractivity contribution in [1.29, 1.82) is 5.26 Å². The molecular formula is C4H3N3O2S2. The van der Waals surface area contributed by atoms with Crippen LogP contribution in [0, 0.1) is 11.5 Å². The fourth-order valence-corrected chi connectivity index (χ4v) is 1.35. The molecule has 1 amide bonds. The highest BCUT2D eigenvalue weighted by atomic mass is 32.2. The molecule has 0 aliphatic carbocycles. The molecule has 0 radical (unpaired) electrons. The van der Waals surface area contributed by atoms with Crippen LogP contribution in [0.25, 0.3) is 0 Å². The third kappa shape index (κ3) is 1.53. The number of nitriles is 1. The molecule has 1 rings (SSSR count). The van der Waals surface area contributed by atoms with Gasteiger partial charge in [-0.25, -0.2) is 0 Å². The lowest BCUT2D eigenvalue weighted by atomic mass is 10.5. The standard InChI is InChI=1S/C4H3N3O2S2/c5-2-9-7-3(1-10)4(8)6-11-7/h1,10H,(H,6,8). The number of nitrogens with zero attached hydrogens (tertiary/aromatic N) is 2. The van der Waals surface area contributed by atoms with Crippen molar-refractivity contribution in [3.05, 3.63) is 11.1 Å². The van der Waals surface area contributed by atoms with Crippen LogP contribution in [0.1, 0.15) is 0 Å². The second kappa shape index (κ2) is 3.41. The van der Waals surface area contributed by atoms with E-state index < -0.39 is 0 Å². The van der Waals surface area contributed by atoms with E-state index in [9.17, 15) is 4.79 Å². The van der Waals surface area contributed by atoms with E-state index in [1.165, 1.54) is 11.7 Å². The third-order valence-corrected chi connectivity index (χ3v) is 1.85. The number of carbonyl (C=O) groups excluding carboxylic acids is 1. The minimum atomic E-state index is -0.333. The first kappa shape index (κ1) is 8.10. The highest BCUT2D eigenvalue weighted by molar-refractivity contribution is 7.96. The van der Waals surface area contributed by atoms with Crippen molar-refractivity contribution in [3.8, 4) is 6.26 Å². The Morgan fingerprint density at radius 1 is 1.91 bits per heavy atom. The summed E-state index contributed by atoms with van der Waals surface area (Å²) >= 11 is 4.64. The van der Waals surface area contributed by atoms with Crippen LogP contribution >= 0.6 is 24.8 Å². The van der Waals surface area contributed by atoms with Crippen LogP contribution in [0.5, 0.6) is 0 Å². The van der Waals surface area contributed by atoms with Crippen molar-refractivity contribution >= 4 is 30.7 Å². The fourth-order valence-electron chi connectivity index (χ4n) is 0.478. The van der Waals surface area contributed by atoms with Gasteiger partial charge in [-0.05, 0) is 0 Å². The number of hydrogen-bond acceptors (Lipinski definition) is 6. The number of rotatable bonds is 1. The zero-order valence-corrected chi connectivity index (χ0v) is 6.85. The van der Waals surface area contributed by atoms with E-state index in [4.69, 9.17) is 5.26 Å². The first-order chi connectivity index (χ1) is 5.29. The molecule has 1 heterocycles. The minimum Gasteiger partial charge on any atom is -0.286 e. The van der Waals surface area contributed by atoms with Gasteiger partial charge >= 0.3 is 6.26 Å². The molecule has 0 bridgehead atoms. The predicted octanol–water partition coefficient (Wildman–Crippen LogP) is 0.165. The van der Waals surface area contributed by atoms with E-state index in [1.54, 1.807) is 0 Å². The molecule has 1 aliphatic heterocycles. The highest BCUT2D eigenvalue weighted by Crippen LogP contribution is 2.22. The van der Waals surface area contributed by atoms with E-state index in [2.05, 4.69) is 22.2 Å². The molecule has 1 fully saturated rings. The lowest BCUT2D eigenvalue weighted by molar-refractivity contribution is -0.117. The summed E-state index contributed by atoms with van der Waals surface area (Å²) in [6.45, 7) is 0. The Bertz CT molecular complexity index is 246. The second-order valence-corrected chi connectivity index (χ2v) is 2.45. The Balaban J connectivity index is 2.71. The Morgan fingerprint density at radius 3 is 3.18 bits per heavy atom. The Hall–Kier alpha value is -1.00. The maximum absolute atomic E-state index is 10.8. The summed E-state index contributed by atoms with van der Waals surface area (Å²) in [4.78, 5) is 15.2. The monoisotopic (exact) mass is 189 g/mol. The van der Waals surface area contributed by atoms with Crippen LogP contribution in [0.3, 0.4) is 0 Å². The van der Waals surface area contributed by atoms with Crippen molar-refractivity contribution in [2.75, 3.05) is 0 Å². The molecule has 0 spiro atoms. The van der Waals surface area contributed by atoms with Gasteiger partial charge in [0.05, 0.1) is 0 Å². The fraction of sp³-hybridized carbons (Fsp3) is 0. The molecule has 0 atom stereocenters. The smallest absolute Gasteiger partial charge is 0.286 e. The van der Waals surface area contributed by atoms with E-state index in [0.717, 1.165) is 16.6 Å². The molecule has 1 N–H and O–H groups in total. The molecule has 0 aromatic carbocycles. The summed E-state index contributed by atoms with van der Waals surface area (Å²) in [6.07, 6.45) is 1.43. The number of thiol groups is 1. The van der Waals surface area contributed by atoms with Crippen LogP contribution in [0.2, 0.25) is 0 Å². The molecule has 11 heavy (non-hydrogen) atoms. The van der Waals surface area contributed by atoms with Gasteiger partial charge in [-0.15, -0.1) is 22.4 Å². The normalized spacial score (nSPS) is 19.8. The van der Waals surface area contributed by atoms with Gasteiger partial charge in [0.2, 0.25) is 0 Å². The molecule has 7 heteroatoms. The molecule has 0 aromatic heterocycles. The van der Waals surface area contributed by atoms with Crippen molar-refractivity contribution in [2.45, 2.75) is 0 Å². The van der Waals surface area contributed by atoms with Gasteiger partial charge in [0, 0.05) is 5.41 Å². The third-order valence-electron chi connectivity index (χ3n) is 0.897. The number of hydrogen-bond donors (Lipinski definition) is 2. The van der Waals surface area contributed by atoms with Crippen LogP contribution in [0.15, 0.2) is 11.1 Å². The largest absolute Gasteiger partial charge is 0.315 e. The topological polar surface area (TPSA) is 65.4 Å². The summed E-state index contributed by atoms with van der Waals surface area (Å²) in [5.41, 5.74) is 0.194. The van der Waals surface area contributed by atoms with Crippen molar-refractivity contribution in [3.63, 3.8) is 0 Å². The number of hydroxylamine groups is 1. The molecule has 58 valence electrons. The predicted molar refractivity (Wildman–Crippen MR) is 41.3 cm³/mol. The van der Waals surface area contributed by atoms with E-state index >= 15 is 0 Å². The zero-order valence-electron chi connectivity index (χ0n) is 5.14. The number of carbonyl (C=O) groups is 1. The SMILES string of the molecule is N#CON1SNC(=O)C1=CS. The lowest BCUT2D eigenvalue weighted by Gasteiger charge is -2.06. The van der Waals surface area contributed by atoms with Crippen molar-refractivity contribution in [1.82, 2.24) is 9.19 Å². The van der Waals surface area contributed by atoms with Gasteiger partial charge in [0.1, 0.15) is 12.1 Å². The van der Waals surface area contributed by atoms with Crippen molar-refractivity contribution < 1.29 is 9.63 Å². The molecule has 0 unspecified atom stereocenters. The van der Waals surface area contributed by atoms with Gasteiger partial charge in [0.25, 0.3) is 5.91 Å². The van der Waals surface area contributed by atoms with Gasteiger partial charge in [-0.3, -0.25) is 14.4 Å². The van der Waals surface area contributed by atoms with Gasteiger partial charge in [0.15, 0.2) is 5.70 Å². The van der Waals surface area contributed by atoms with Gasteiger partial charge in [-0.2, -0.15) is 0 Å². The van der Waals surface area contributed by atoms with Crippen LogP contribution in [0.4, 0.5) is 0 Å². The number of amides is 1. The first-order valence-electron chi connectivity index (χ1n) is 2.47. The maximum Gasteiger partial charge on any atom is 0.315 e. The molecule has 1 aliphatic rings. The lowest BCUT2D eigenvalue weighted by Crippen LogP contribution is -2.12. The van der Waals surface area contributed by atoms with Gasteiger partial charge < -0.3 is 0 Å². The van der Waals surface area contributed by atoms with E-state index in [-0.39, 0.29) is 11.6 Å². The molecular weight excluding hydrogens is 186 g/mol. The van der Waals surface area contributed by atoms with E-state index in [0.29, 0.717) is 0 Å². The number of nitrogens with one attached hydrogen (secondary N) is 1. The first-order valence-corrected chi connectivity index (χ1v) is 3.76.